The largest absolute Gasteiger partial charge is 0.487 e. The van der Waals surface area contributed by atoms with Gasteiger partial charge < -0.3 is 4.74 Å². The number of allylic oxidation sites excluding steroid dienone is 1. The van der Waals surface area contributed by atoms with E-state index in [9.17, 15) is 9.18 Å². The Morgan fingerprint density at radius 2 is 2.04 bits per heavy atom. The number of carbonyl (C=O) groups excluding carboxylic acids is 1. The highest BCUT2D eigenvalue weighted by molar-refractivity contribution is 7.07. The molecule has 0 unspecified atom stereocenters. The van der Waals surface area contributed by atoms with E-state index in [1.807, 2.05) is 29.6 Å². The van der Waals surface area contributed by atoms with E-state index in [2.05, 4.69) is 4.98 Å². The average molecular weight is 374 g/mol. The number of carbonyl (C=O) groups is 1. The molecule has 1 heterocycles. The summed E-state index contributed by atoms with van der Waals surface area (Å²) in [4.78, 5) is 16.2. The predicted molar refractivity (Wildman–Crippen MR) is 97.7 cm³/mol. The van der Waals surface area contributed by atoms with E-state index in [-0.39, 0.29) is 10.8 Å². The topological polar surface area (TPSA) is 39.2 Å². The van der Waals surface area contributed by atoms with Crippen LogP contribution in [-0.4, -0.2) is 10.8 Å². The van der Waals surface area contributed by atoms with Crippen molar-refractivity contribution in [3.05, 3.63) is 87.1 Å². The summed E-state index contributed by atoms with van der Waals surface area (Å²) in [6, 6.07) is 11.2. The van der Waals surface area contributed by atoms with Crippen molar-refractivity contribution in [1.82, 2.24) is 4.98 Å². The van der Waals surface area contributed by atoms with Crippen LogP contribution in [0.15, 0.2) is 59.4 Å². The number of benzene rings is 2. The second-order valence-corrected chi connectivity index (χ2v) is 6.29. The van der Waals surface area contributed by atoms with Gasteiger partial charge in [-0.2, -0.15) is 0 Å². The standard InChI is InChI=1S/C19H13ClFNO2S/c20-17-9-14(4-7-18(17)21)19(23)8-3-13-1-5-16(6-2-13)24-10-15-11-25-12-22-15/h1-9,11-12H,10H2/b8-3+. The molecule has 0 atom stereocenters. The third-order valence-corrected chi connectivity index (χ3v) is 4.31. The van der Waals surface area contributed by atoms with E-state index in [0.717, 1.165) is 17.0 Å². The fourth-order valence-corrected chi connectivity index (χ4v) is 2.78. The Hall–Kier alpha value is -2.50. The minimum Gasteiger partial charge on any atom is -0.487 e. The highest BCUT2D eigenvalue weighted by Crippen LogP contribution is 2.18. The SMILES string of the molecule is O=C(/C=C/c1ccc(OCc2cscn2)cc1)c1ccc(F)c(Cl)c1. The molecule has 1 aromatic heterocycles. The summed E-state index contributed by atoms with van der Waals surface area (Å²) in [6.07, 6.45) is 3.11. The monoisotopic (exact) mass is 373 g/mol. The second-order valence-electron chi connectivity index (χ2n) is 5.16. The van der Waals surface area contributed by atoms with Crippen molar-refractivity contribution in [3.8, 4) is 5.75 Å². The number of nitrogens with zero attached hydrogens (tertiary/aromatic N) is 1. The highest BCUT2D eigenvalue weighted by atomic mass is 35.5. The molecule has 0 saturated heterocycles. The second kappa shape index (κ2) is 8.05. The molecule has 0 radical (unpaired) electrons. The van der Waals surface area contributed by atoms with Gasteiger partial charge in [0, 0.05) is 10.9 Å². The number of aromatic nitrogens is 1. The molecule has 3 aromatic rings. The first kappa shape index (κ1) is 17.3. The highest BCUT2D eigenvalue weighted by Gasteiger charge is 2.06. The molecule has 0 N–H and O–H groups in total. The van der Waals surface area contributed by atoms with Crippen molar-refractivity contribution in [1.29, 1.82) is 0 Å². The Morgan fingerprint density at radius 1 is 1.24 bits per heavy atom. The van der Waals surface area contributed by atoms with Gasteiger partial charge in [-0.1, -0.05) is 29.8 Å². The van der Waals surface area contributed by atoms with Gasteiger partial charge in [0.25, 0.3) is 0 Å². The molecule has 0 saturated carbocycles. The van der Waals surface area contributed by atoms with Gasteiger partial charge in [0.15, 0.2) is 5.78 Å². The van der Waals surface area contributed by atoms with E-state index >= 15 is 0 Å². The first-order chi connectivity index (χ1) is 12.1. The predicted octanol–water partition coefficient (Wildman–Crippen LogP) is 5.41. The Morgan fingerprint density at radius 3 is 2.72 bits per heavy atom. The van der Waals surface area contributed by atoms with Crippen LogP contribution in [0.4, 0.5) is 4.39 Å². The molecule has 3 rings (SSSR count). The zero-order valence-corrected chi connectivity index (χ0v) is 14.6. The summed E-state index contributed by atoms with van der Waals surface area (Å²) in [6.45, 7) is 0.419. The molecule has 0 amide bonds. The molecule has 126 valence electrons. The summed E-state index contributed by atoms with van der Waals surface area (Å²) in [5.74, 6) is -0.0667. The van der Waals surface area contributed by atoms with Gasteiger partial charge in [-0.3, -0.25) is 4.79 Å². The molecule has 0 aliphatic carbocycles. The number of ketones is 1. The fraction of sp³-hybridized carbons (Fsp3) is 0.0526. The van der Waals surface area contributed by atoms with Crippen LogP contribution >= 0.6 is 22.9 Å². The van der Waals surface area contributed by atoms with Gasteiger partial charge >= 0.3 is 0 Å². The summed E-state index contributed by atoms with van der Waals surface area (Å²) >= 11 is 7.22. The maximum atomic E-state index is 13.1. The van der Waals surface area contributed by atoms with Crippen LogP contribution < -0.4 is 4.74 Å². The Balaban J connectivity index is 1.61. The fourth-order valence-electron chi connectivity index (χ4n) is 2.06. The maximum Gasteiger partial charge on any atom is 0.185 e. The smallest absolute Gasteiger partial charge is 0.185 e. The van der Waals surface area contributed by atoms with E-state index < -0.39 is 5.82 Å². The maximum absolute atomic E-state index is 13.1. The Bertz CT molecular complexity index is 892. The van der Waals surface area contributed by atoms with Crippen molar-refractivity contribution in [3.63, 3.8) is 0 Å². The molecule has 2 aromatic carbocycles. The minimum absolute atomic E-state index is 0.0686. The normalized spacial score (nSPS) is 11.0. The van der Waals surface area contributed by atoms with E-state index in [1.54, 1.807) is 11.6 Å². The lowest BCUT2D eigenvalue weighted by atomic mass is 10.1. The number of rotatable bonds is 6. The van der Waals surface area contributed by atoms with Crippen LogP contribution in [0, 0.1) is 5.82 Å². The summed E-state index contributed by atoms with van der Waals surface area (Å²) in [5, 5.41) is 1.87. The van der Waals surface area contributed by atoms with Crippen molar-refractivity contribution in [2.45, 2.75) is 6.61 Å². The van der Waals surface area contributed by atoms with Crippen LogP contribution in [0.3, 0.4) is 0 Å². The molecule has 0 spiro atoms. The number of hydrogen-bond acceptors (Lipinski definition) is 4. The number of thiazole rings is 1. The lowest BCUT2D eigenvalue weighted by Crippen LogP contribution is -1.95. The van der Waals surface area contributed by atoms with Gasteiger partial charge in [0.1, 0.15) is 18.2 Å². The van der Waals surface area contributed by atoms with Gasteiger partial charge in [-0.05, 0) is 42.0 Å². The van der Waals surface area contributed by atoms with Crippen LogP contribution in [-0.2, 0) is 6.61 Å². The van der Waals surface area contributed by atoms with Gasteiger partial charge in [0.2, 0.25) is 0 Å². The van der Waals surface area contributed by atoms with Gasteiger partial charge in [-0.15, -0.1) is 11.3 Å². The van der Waals surface area contributed by atoms with Crippen molar-refractivity contribution < 1.29 is 13.9 Å². The molecule has 6 heteroatoms. The van der Waals surface area contributed by atoms with Gasteiger partial charge in [-0.25, -0.2) is 9.37 Å². The van der Waals surface area contributed by atoms with Crippen molar-refractivity contribution in [2.75, 3.05) is 0 Å². The average Bonchev–Trinajstić information content (AvgIpc) is 3.14. The lowest BCUT2D eigenvalue weighted by Gasteiger charge is -2.04. The molecule has 0 aliphatic heterocycles. The van der Waals surface area contributed by atoms with E-state index in [0.29, 0.717) is 12.2 Å². The Labute approximate surface area is 153 Å². The van der Waals surface area contributed by atoms with E-state index in [1.165, 1.54) is 35.6 Å². The molecule has 0 bridgehead atoms. The number of halogens is 2. The zero-order valence-electron chi connectivity index (χ0n) is 13.0. The van der Waals surface area contributed by atoms with Crippen LogP contribution in [0.25, 0.3) is 6.08 Å². The van der Waals surface area contributed by atoms with Crippen molar-refractivity contribution >= 4 is 34.8 Å². The van der Waals surface area contributed by atoms with Crippen LogP contribution in [0.1, 0.15) is 21.6 Å². The summed E-state index contributed by atoms with van der Waals surface area (Å²) in [7, 11) is 0. The summed E-state index contributed by atoms with van der Waals surface area (Å²) < 4.78 is 18.8. The summed E-state index contributed by atoms with van der Waals surface area (Å²) in [5.41, 5.74) is 3.84. The molecule has 25 heavy (non-hydrogen) atoms. The lowest BCUT2D eigenvalue weighted by molar-refractivity contribution is 0.104. The van der Waals surface area contributed by atoms with E-state index in [4.69, 9.17) is 16.3 Å². The number of ether oxygens (including phenoxy) is 1. The molecule has 0 aliphatic rings. The molecular formula is C19H13ClFNO2S. The quantitative estimate of drug-likeness (QED) is 0.428. The van der Waals surface area contributed by atoms with Crippen LogP contribution in [0.5, 0.6) is 5.75 Å². The third-order valence-electron chi connectivity index (χ3n) is 3.38. The number of hydrogen-bond donors (Lipinski definition) is 0. The minimum atomic E-state index is -0.546. The van der Waals surface area contributed by atoms with Gasteiger partial charge in [0.05, 0.1) is 16.2 Å². The third kappa shape index (κ3) is 4.75. The molecule has 3 nitrogen and oxygen atoms in total. The van der Waals surface area contributed by atoms with Crippen LogP contribution in [0.2, 0.25) is 5.02 Å². The first-order valence-corrected chi connectivity index (χ1v) is 8.71. The Kier molecular flexibility index (Phi) is 5.58. The van der Waals surface area contributed by atoms with Crippen molar-refractivity contribution in [2.24, 2.45) is 0 Å². The first-order valence-electron chi connectivity index (χ1n) is 7.39. The zero-order chi connectivity index (χ0) is 17.6. The molecule has 0 fully saturated rings. The molecular weight excluding hydrogens is 361 g/mol.